The Kier molecular flexibility index (Phi) is 3.82. The summed E-state index contributed by atoms with van der Waals surface area (Å²) in [5.74, 6) is 2.45. The van der Waals surface area contributed by atoms with Crippen molar-refractivity contribution >= 4 is 5.91 Å². The van der Waals surface area contributed by atoms with Crippen LogP contribution >= 0.6 is 0 Å². The number of nitrogens with zero attached hydrogens (tertiary/aromatic N) is 2. The van der Waals surface area contributed by atoms with Crippen LogP contribution in [0, 0.1) is 12.8 Å². The van der Waals surface area contributed by atoms with Gasteiger partial charge in [-0.1, -0.05) is 6.42 Å². The van der Waals surface area contributed by atoms with E-state index in [9.17, 15) is 4.79 Å². The first-order valence-electron chi connectivity index (χ1n) is 7.37. The minimum Gasteiger partial charge on any atom is -0.459 e. The summed E-state index contributed by atoms with van der Waals surface area (Å²) in [6.07, 6.45) is 5.62. The monoisotopic (exact) mass is 288 g/mol. The molecule has 0 radical (unpaired) electrons. The van der Waals surface area contributed by atoms with E-state index in [1.54, 1.807) is 18.4 Å². The minimum absolute atomic E-state index is 0.0873. The van der Waals surface area contributed by atoms with Crippen LogP contribution < -0.4 is 0 Å². The van der Waals surface area contributed by atoms with Crippen LogP contribution in [0.15, 0.2) is 27.2 Å². The van der Waals surface area contributed by atoms with Crippen LogP contribution in [-0.2, 0) is 11.2 Å². The second-order valence-corrected chi connectivity index (χ2v) is 5.75. The molecule has 5 nitrogen and oxygen atoms in total. The fourth-order valence-corrected chi connectivity index (χ4v) is 2.54. The number of aryl methyl sites for hydroxylation is 1. The molecule has 2 heterocycles. The van der Waals surface area contributed by atoms with Gasteiger partial charge in [-0.15, -0.1) is 0 Å². The van der Waals surface area contributed by atoms with Crippen molar-refractivity contribution in [2.45, 2.75) is 32.6 Å². The number of rotatable bonds is 5. The van der Waals surface area contributed by atoms with Gasteiger partial charge in [0.05, 0.1) is 18.4 Å². The number of aromatic nitrogens is 1. The lowest BCUT2D eigenvalue weighted by molar-refractivity contribution is -0.130. The van der Waals surface area contributed by atoms with E-state index in [1.165, 1.54) is 19.3 Å². The van der Waals surface area contributed by atoms with Crippen molar-refractivity contribution < 1.29 is 13.6 Å². The van der Waals surface area contributed by atoms with E-state index in [4.69, 9.17) is 8.83 Å². The van der Waals surface area contributed by atoms with E-state index in [0.717, 1.165) is 6.54 Å². The SMILES string of the molecule is Cc1oc(-c2ccco2)nc1CC(=O)N(C)CC1CCC1. The molecule has 3 rings (SSSR count). The number of amides is 1. The highest BCUT2D eigenvalue weighted by Crippen LogP contribution is 2.27. The third kappa shape index (κ3) is 3.01. The molecule has 1 aliphatic carbocycles. The molecular weight excluding hydrogens is 268 g/mol. The second-order valence-electron chi connectivity index (χ2n) is 5.75. The third-order valence-electron chi connectivity index (χ3n) is 4.13. The highest BCUT2D eigenvalue weighted by Gasteiger charge is 2.23. The van der Waals surface area contributed by atoms with Gasteiger partial charge in [-0.2, -0.15) is 0 Å². The van der Waals surface area contributed by atoms with Crippen molar-refractivity contribution in [1.82, 2.24) is 9.88 Å². The summed E-state index contributed by atoms with van der Waals surface area (Å²) in [6.45, 7) is 2.68. The van der Waals surface area contributed by atoms with Crippen molar-refractivity contribution in [1.29, 1.82) is 0 Å². The summed E-state index contributed by atoms with van der Waals surface area (Å²) in [6, 6.07) is 3.58. The summed E-state index contributed by atoms with van der Waals surface area (Å²) in [7, 11) is 1.86. The van der Waals surface area contributed by atoms with Crippen molar-refractivity contribution in [3.05, 3.63) is 29.9 Å². The van der Waals surface area contributed by atoms with Crippen LogP contribution in [0.3, 0.4) is 0 Å². The molecule has 0 aromatic carbocycles. The van der Waals surface area contributed by atoms with Gasteiger partial charge < -0.3 is 13.7 Å². The Labute approximate surface area is 123 Å². The lowest BCUT2D eigenvalue weighted by Gasteiger charge is -2.30. The Hall–Kier alpha value is -2.04. The number of oxazole rings is 1. The van der Waals surface area contributed by atoms with Gasteiger partial charge in [-0.05, 0) is 37.8 Å². The molecule has 0 saturated heterocycles. The first-order valence-corrected chi connectivity index (χ1v) is 7.37. The van der Waals surface area contributed by atoms with Gasteiger partial charge in [0, 0.05) is 13.6 Å². The van der Waals surface area contributed by atoms with E-state index >= 15 is 0 Å². The maximum Gasteiger partial charge on any atom is 0.263 e. The van der Waals surface area contributed by atoms with Crippen molar-refractivity contribution in [3.8, 4) is 11.7 Å². The zero-order valence-corrected chi connectivity index (χ0v) is 12.5. The first-order chi connectivity index (χ1) is 10.1. The van der Waals surface area contributed by atoms with Crippen LogP contribution in [-0.4, -0.2) is 29.4 Å². The quantitative estimate of drug-likeness (QED) is 0.848. The molecule has 21 heavy (non-hydrogen) atoms. The molecule has 1 amide bonds. The third-order valence-corrected chi connectivity index (χ3v) is 4.13. The van der Waals surface area contributed by atoms with Gasteiger partial charge in [-0.3, -0.25) is 4.79 Å². The lowest BCUT2D eigenvalue weighted by atomic mass is 9.85. The zero-order valence-electron chi connectivity index (χ0n) is 12.5. The normalized spacial score (nSPS) is 15.0. The molecule has 1 saturated carbocycles. The molecule has 0 spiro atoms. The average molecular weight is 288 g/mol. The topological polar surface area (TPSA) is 59.5 Å². The molecule has 0 atom stereocenters. The highest BCUT2D eigenvalue weighted by molar-refractivity contribution is 5.78. The first kappa shape index (κ1) is 13.9. The smallest absolute Gasteiger partial charge is 0.263 e. The van der Waals surface area contributed by atoms with Crippen LogP contribution in [0.25, 0.3) is 11.7 Å². The molecule has 2 aromatic rings. The molecule has 0 unspecified atom stereocenters. The number of carbonyl (C=O) groups is 1. The van der Waals surface area contributed by atoms with E-state index in [2.05, 4.69) is 4.98 Å². The number of likely N-dealkylation sites (N-methyl/N-ethyl adjacent to an activating group) is 1. The fourth-order valence-electron chi connectivity index (χ4n) is 2.54. The van der Waals surface area contributed by atoms with Gasteiger partial charge in [-0.25, -0.2) is 4.98 Å². The van der Waals surface area contributed by atoms with Gasteiger partial charge in [0.1, 0.15) is 5.76 Å². The van der Waals surface area contributed by atoms with E-state index in [1.807, 2.05) is 18.9 Å². The summed E-state index contributed by atoms with van der Waals surface area (Å²) in [5.41, 5.74) is 0.687. The molecule has 0 aliphatic heterocycles. The fraction of sp³-hybridized carbons (Fsp3) is 0.500. The molecule has 2 aromatic heterocycles. The molecule has 0 bridgehead atoms. The maximum atomic E-state index is 12.3. The van der Waals surface area contributed by atoms with Crippen LogP contribution in [0.5, 0.6) is 0 Å². The van der Waals surface area contributed by atoms with E-state index < -0.39 is 0 Å². The number of hydrogen-bond acceptors (Lipinski definition) is 4. The molecule has 0 N–H and O–H groups in total. The summed E-state index contributed by atoms with van der Waals surface area (Å²) >= 11 is 0. The largest absolute Gasteiger partial charge is 0.459 e. The molecule has 112 valence electrons. The summed E-state index contributed by atoms with van der Waals surface area (Å²) < 4.78 is 10.8. The predicted octanol–water partition coefficient (Wildman–Crippen LogP) is 3.04. The molecular formula is C16H20N2O3. The summed E-state index contributed by atoms with van der Waals surface area (Å²) in [4.78, 5) is 18.4. The Balaban J connectivity index is 1.65. The van der Waals surface area contributed by atoms with E-state index in [0.29, 0.717) is 29.0 Å². The average Bonchev–Trinajstić information content (AvgIpc) is 3.04. The Morgan fingerprint density at radius 2 is 2.29 bits per heavy atom. The molecule has 1 aliphatic rings. The van der Waals surface area contributed by atoms with Gasteiger partial charge in [0.15, 0.2) is 5.76 Å². The number of furan rings is 1. The second kappa shape index (κ2) is 5.76. The molecule has 5 heteroatoms. The maximum absolute atomic E-state index is 12.3. The van der Waals surface area contributed by atoms with Crippen molar-refractivity contribution in [3.63, 3.8) is 0 Å². The van der Waals surface area contributed by atoms with Crippen LogP contribution in [0.2, 0.25) is 0 Å². The standard InChI is InChI=1S/C16H20N2O3/c1-11-13(17-16(21-11)14-7-4-8-20-14)9-15(19)18(2)10-12-5-3-6-12/h4,7-8,12H,3,5-6,9-10H2,1-2H3. The van der Waals surface area contributed by atoms with Crippen molar-refractivity contribution in [2.24, 2.45) is 5.92 Å². The number of carbonyl (C=O) groups excluding carboxylic acids is 1. The highest BCUT2D eigenvalue weighted by atomic mass is 16.4. The van der Waals surface area contributed by atoms with E-state index in [-0.39, 0.29) is 12.3 Å². The van der Waals surface area contributed by atoms with Gasteiger partial charge >= 0.3 is 0 Å². The predicted molar refractivity (Wildman–Crippen MR) is 77.6 cm³/mol. The lowest BCUT2D eigenvalue weighted by Crippen LogP contribution is -2.35. The molecule has 1 fully saturated rings. The van der Waals surface area contributed by atoms with Crippen LogP contribution in [0.4, 0.5) is 0 Å². The van der Waals surface area contributed by atoms with Gasteiger partial charge in [0.2, 0.25) is 5.91 Å². The van der Waals surface area contributed by atoms with Gasteiger partial charge in [0.25, 0.3) is 5.89 Å². The Morgan fingerprint density at radius 3 is 2.90 bits per heavy atom. The zero-order chi connectivity index (χ0) is 14.8. The van der Waals surface area contributed by atoms with Crippen LogP contribution in [0.1, 0.15) is 30.7 Å². The summed E-state index contributed by atoms with van der Waals surface area (Å²) in [5, 5.41) is 0. The van der Waals surface area contributed by atoms with Crippen molar-refractivity contribution in [2.75, 3.05) is 13.6 Å². The Bertz CT molecular complexity index is 612. The Morgan fingerprint density at radius 1 is 1.48 bits per heavy atom. The minimum atomic E-state index is 0.0873. The number of hydrogen-bond donors (Lipinski definition) is 0.